The maximum atomic E-state index is 5.62. The maximum Gasteiger partial charge on any atom is 0.118 e. The normalized spacial score (nSPS) is 10.9. The van der Waals surface area contributed by atoms with Crippen molar-refractivity contribution in [1.29, 1.82) is 0 Å². The van der Waals surface area contributed by atoms with Crippen LogP contribution in [0.15, 0.2) is 10.5 Å². The number of hydrogen-bond acceptors (Lipinski definition) is 3. The average molecular weight is 211 g/mol. The van der Waals surface area contributed by atoms with Gasteiger partial charge < -0.3 is 14.5 Å². The zero-order valence-electron chi connectivity index (χ0n) is 9.93. The lowest BCUT2D eigenvalue weighted by atomic mass is 10.2. The third-order valence-electron chi connectivity index (χ3n) is 2.26. The molecule has 0 aromatic carbocycles. The monoisotopic (exact) mass is 211 g/mol. The number of aryl methyl sites for hydroxylation is 1. The van der Waals surface area contributed by atoms with E-state index < -0.39 is 0 Å². The minimum atomic E-state index is 0.652. The van der Waals surface area contributed by atoms with Crippen molar-refractivity contribution in [3.05, 3.63) is 23.2 Å². The van der Waals surface area contributed by atoms with Gasteiger partial charge in [-0.25, -0.2) is 0 Å². The van der Waals surface area contributed by atoms with Crippen molar-refractivity contribution in [3.8, 4) is 0 Å². The van der Waals surface area contributed by atoms with Gasteiger partial charge in [-0.3, -0.25) is 0 Å². The molecule has 86 valence electrons. The smallest absolute Gasteiger partial charge is 0.118 e. The van der Waals surface area contributed by atoms with E-state index in [2.05, 4.69) is 18.3 Å². The fourth-order valence-electron chi connectivity index (χ4n) is 1.42. The summed E-state index contributed by atoms with van der Waals surface area (Å²) in [5.74, 6) is 1.97. The molecule has 0 saturated carbocycles. The van der Waals surface area contributed by atoms with Crippen LogP contribution in [-0.4, -0.2) is 13.2 Å². The molecule has 0 aliphatic heterocycles. The summed E-state index contributed by atoms with van der Waals surface area (Å²) in [6.07, 6.45) is 1.14. The lowest BCUT2D eigenvalue weighted by Crippen LogP contribution is -2.13. The predicted molar refractivity (Wildman–Crippen MR) is 60.8 cm³/mol. The van der Waals surface area contributed by atoms with E-state index in [1.54, 1.807) is 0 Å². The number of rotatable bonds is 7. The Morgan fingerprint density at radius 2 is 2.20 bits per heavy atom. The molecule has 0 radical (unpaired) electrons. The zero-order valence-corrected chi connectivity index (χ0v) is 9.93. The predicted octanol–water partition coefficient (Wildman–Crippen LogP) is 2.62. The first kappa shape index (κ1) is 12.3. The van der Waals surface area contributed by atoms with Crippen molar-refractivity contribution in [2.45, 2.75) is 40.3 Å². The van der Waals surface area contributed by atoms with Gasteiger partial charge in [-0.1, -0.05) is 6.92 Å². The SMILES string of the molecule is CCCNCc1cc(COCC)c(C)o1. The Kier molecular flexibility index (Phi) is 5.43. The van der Waals surface area contributed by atoms with E-state index in [0.29, 0.717) is 6.61 Å². The molecule has 1 aromatic heterocycles. The molecule has 0 saturated heterocycles. The molecule has 0 amide bonds. The Morgan fingerprint density at radius 1 is 1.40 bits per heavy atom. The second kappa shape index (κ2) is 6.64. The minimum Gasteiger partial charge on any atom is -0.465 e. The highest BCUT2D eigenvalue weighted by atomic mass is 16.5. The average Bonchev–Trinajstić information content (AvgIpc) is 2.57. The van der Waals surface area contributed by atoms with Crippen LogP contribution in [0.4, 0.5) is 0 Å². The molecule has 3 nitrogen and oxygen atoms in total. The van der Waals surface area contributed by atoms with Crippen molar-refractivity contribution < 1.29 is 9.15 Å². The van der Waals surface area contributed by atoms with Gasteiger partial charge in [-0.05, 0) is 32.9 Å². The Bertz CT molecular complexity index is 281. The number of ether oxygens (including phenoxy) is 1. The molecule has 1 heterocycles. The van der Waals surface area contributed by atoms with Gasteiger partial charge in [0.15, 0.2) is 0 Å². The zero-order chi connectivity index (χ0) is 11.1. The van der Waals surface area contributed by atoms with Crippen LogP contribution >= 0.6 is 0 Å². The molecular formula is C12H21NO2. The van der Waals surface area contributed by atoms with E-state index in [4.69, 9.17) is 9.15 Å². The van der Waals surface area contributed by atoms with E-state index in [0.717, 1.165) is 43.2 Å². The lowest BCUT2D eigenvalue weighted by molar-refractivity contribution is 0.133. The summed E-state index contributed by atoms with van der Waals surface area (Å²) in [4.78, 5) is 0. The third-order valence-corrected chi connectivity index (χ3v) is 2.26. The van der Waals surface area contributed by atoms with Gasteiger partial charge in [-0.15, -0.1) is 0 Å². The van der Waals surface area contributed by atoms with Crippen molar-refractivity contribution in [1.82, 2.24) is 5.32 Å². The Morgan fingerprint density at radius 3 is 2.87 bits per heavy atom. The molecule has 1 aromatic rings. The van der Waals surface area contributed by atoms with Crippen molar-refractivity contribution in [2.75, 3.05) is 13.2 Å². The molecule has 0 unspecified atom stereocenters. The van der Waals surface area contributed by atoms with Crippen molar-refractivity contribution in [3.63, 3.8) is 0 Å². The largest absolute Gasteiger partial charge is 0.465 e. The molecular weight excluding hydrogens is 190 g/mol. The van der Waals surface area contributed by atoms with E-state index in [9.17, 15) is 0 Å². The number of hydrogen-bond donors (Lipinski definition) is 1. The van der Waals surface area contributed by atoms with Crippen molar-refractivity contribution >= 4 is 0 Å². The summed E-state index contributed by atoms with van der Waals surface area (Å²) in [5, 5.41) is 3.31. The molecule has 15 heavy (non-hydrogen) atoms. The minimum absolute atomic E-state index is 0.652. The van der Waals surface area contributed by atoms with Crippen LogP contribution in [0.25, 0.3) is 0 Å². The molecule has 0 atom stereocenters. The van der Waals surface area contributed by atoms with Crippen LogP contribution < -0.4 is 5.32 Å². The van der Waals surface area contributed by atoms with Gasteiger partial charge >= 0.3 is 0 Å². The van der Waals surface area contributed by atoms with Crippen LogP contribution in [0.3, 0.4) is 0 Å². The van der Waals surface area contributed by atoms with Gasteiger partial charge in [0.2, 0.25) is 0 Å². The first-order chi connectivity index (χ1) is 7.27. The second-order valence-corrected chi connectivity index (χ2v) is 3.61. The van der Waals surface area contributed by atoms with E-state index in [-0.39, 0.29) is 0 Å². The molecule has 0 fully saturated rings. The molecule has 0 aliphatic rings. The summed E-state index contributed by atoms with van der Waals surface area (Å²) in [6, 6.07) is 2.08. The standard InChI is InChI=1S/C12H21NO2/c1-4-6-13-8-12-7-11(9-14-5-2)10(3)15-12/h7,13H,4-6,8-9H2,1-3H3. The summed E-state index contributed by atoms with van der Waals surface area (Å²) in [6.45, 7) is 9.37. The van der Waals surface area contributed by atoms with Crippen LogP contribution in [0.5, 0.6) is 0 Å². The van der Waals surface area contributed by atoms with Crippen molar-refractivity contribution in [2.24, 2.45) is 0 Å². The molecule has 0 spiro atoms. The van der Waals surface area contributed by atoms with Crippen LogP contribution in [0.1, 0.15) is 37.4 Å². The van der Waals surface area contributed by atoms with Crippen LogP contribution in [0, 0.1) is 6.92 Å². The maximum absolute atomic E-state index is 5.62. The first-order valence-corrected chi connectivity index (χ1v) is 5.64. The van der Waals surface area contributed by atoms with Gasteiger partial charge in [0.25, 0.3) is 0 Å². The number of nitrogens with one attached hydrogen (secondary N) is 1. The number of furan rings is 1. The lowest BCUT2D eigenvalue weighted by Gasteiger charge is -1.97. The topological polar surface area (TPSA) is 34.4 Å². The van der Waals surface area contributed by atoms with Crippen LogP contribution in [-0.2, 0) is 17.9 Å². The third kappa shape index (κ3) is 4.06. The van der Waals surface area contributed by atoms with E-state index in [1.165, 1.54) is 0 Å². The molecule has 1 rings (SSSR count). The summed E-state index contributed by atoms with van der Waals surface area (Å²) in [5.41, 5.74) is 1.16. The van der Waals surface area contributed by atoms with E-state index in [1.807, 2.05) is 13.8 Å². The second-order valence-electron chi connectivity index (χ2n) is 3.61. The Hall–Kier alpha value is -0.800. The van der Waals surface area contributed by atoms with Gasteiger partial charge in [0.1, 0.15) is 11.5 Å². The Balaban J connectivity index is 2.45. The summed E-state index contributed by atoms with van der Waals surface area (Å²) >= 11 is 0. The fraction of sp³-hybridized carbons (Fsp3) is 0.667. The molecule has 3 heteroatoms. The highest BCUT2D eigenvalue weighted by Gasteiger charge is 2.06. The highest BCUT2D eigenvalue weighted by molar-refractivity contribution is 5.19. The molecule has 0 aliphatic carbocycles. The van der Waals surface area contributed by atoms with E-state index >= 15 is 0 Å². The first-order valence-electron chi connectivity index (χ1n) is 5.64. The quantitative estimate of drug-likeness (QED) is 0.704. The molecule has 0 bridgehead atoms. The molecule has 1 N–H and O–H groups in total. The summed E-state index contributed by atoms with van der Waals surface area (Å²) in [7, 11) is 0. The van der Waals surface area contributed by atoms with Gasteiger partial charge in [0, 0.05) is 12.2 Å². The van der Waals surface area contributed by atoms with Gasteiger partial charge in [0.05, 0.1) is 13.2 Å². The Labute approximate surface area is 91.8 Å². The van der Waals surface area contributed by atoms with Gasteiger partial charge in [-0.2, -0.15) is 0 Å². The van der Waals surface area contributed by atoms with Crippen LogP contribution in [0.2, 0.25) is 0 Å². The fourth-order valence-corrected chi connectivity index (χ4v) is 1.42. The highest BCUT2D eigenvalue weighted by Crippen LogP contribution is 2.15. The summed E-state index contributed by atoms with van der Waals surface area (Å²) < 4.78 is 11.0.